The maximum atomic E-state index is 12.1. The van der Waals surface area contributed by atoms with Gasteiger partial charge >= 0.3 is 0 Å². The quantitative estimate of drug-likeness (QED) is 0.486. The van der Waals surface area contributed by atoms with E-state index in [0.29, 0.717) is 13.2 Å². The third-order valence-corrected chi connectivity index (χ3v) is 4.55. The van der Waals surface area contributed by atoms with Crippen molar-refractivity contribution in [2.24, 2.45) is 0 Å². The topological polar surface area (TPSA) is 50.4 Å². The summed E-state index contributed by atoms with van der Waals surface area (Å²) in [6.45, 7) is 10.7. The average molecular weight is 222 g/mol. The molecule has 5 heteroatoms. The molecule has 0 aromatic heterocycles. The first-order valence-electron chi connectivity index (χ1n) is 5.27. The molecule has 0 amide bonds. The van der Waals surface area contributed by atoms with E-state index in [4.69, 9.17) is 4.52 Å². The minimum atomic E-state index is -2.62. The van der Waals surface area contributed by atoms with Gasteiger partial charge in [-0.25, -0.2) is 5.09 Å². The van der Waals surface area contributed by atoms with E-state index < -0.39 is 7.52 Å². The largest absolute Gasteiger partial charge is 0.318 e. The summed E-state index contributed by atoms with van der Waals surface area (Å²) in [4.78, 5) is 0. The van der Waals surface area contributed by atoms with E-state index in [-0.39, 0.29) is 5.66 Å². The van der Waals surface area contributed by atoms with Crippen molar-refractivity contribution < 1.29 is 9.09 Å². The molecule has 0 heterocycles. The lowest BCUT2D eigenvalue weighted by Crippen LogP contribution is -2.28. The summed E-state index contributed by atoms with van der Waals surface area (Å²) in [7, 11) is -2.62. The predicted octanol–water partition coefficient (Wildman–Crippen LogP) is 1.82. The van der Waals surface area contributed by atoms with Gasteiger partial charge in [-0.3, -0.25) is 4.57 Å². The molecule has 0 aliphatic rings. The maximum absolute atomic E-state index is 12.1. The summed E-state index contributed by atoms with van der Waals surface area (Å²) in [6, 6.07) is 0. The Labute approximate surface area is 87.3 Å². The second-order valence-corrected chi connectivity index (χ2v) is 6.17. The fraction of sp³-hybridized carbons (Fsp3) is 1.00. The molecule has 0 bridgehead atoms. The van der Waals surface area contributed by atoms with Crippen LogP contribution in [-0.2, 0) is 9.09 Å². The molecule has 0 spiro atoms. The SMILES string of the molecule is CCNCCNP(=O)(OCC)C(C)C. The van der Waals surface area contributed by atoms with Crippen LogP contribution in [-0.4, -0.2) is 31.9 Å². The molecule has 0 aliphatic heterocycles. The van der Waals surface area contributed by atoms with Crippen LogP contribution in [0.3, 0.4) is 0 Å². The van der Waals surface area contributed by atoms with Crippen molar-refractivity contribution >= 4 is 7.52 Å². The van der Waals surface area contributed by atoms with Crippen LogP contribution in [0, 0.1) is 0 Å². The van der Waals surface area contributed by atoms with E-state index in [0.717, 1.165) is 13.1 Å². The molecular formula is C9H23N2O2P. The number of likely N-dealkylation sites (N-methyl/N-ethyl adjacent to an activating group) is 1. The van der Waals surface area contributed by atoms with Gasteiger partial charge in [0.2, 0.25) is 0 Å². The van der Waals surface area contributed by atoms with Gasteiger partial charge < -0.3 is 9.84 Å². The predicted molar refractivity (Wildman–Crippen MR) is 60.9 cm³/mol. The Bertz CT molecular complexity index is 186. The molecule has 0 aliphatic carbocycles. The van der Waals surface area contributed by atoms with Gasteiger partial charge in [0, 0.05) is 18.7 Å². The zero-order valence-electron chi connectivity index (χ0n) is 9.67. The second kappa shape index (κ2) is 7.41. The Kier molecular flexibility index (Phi) is 7.47. The molecule has 0 fully saturated rings. The van der Waals surface area contributed by atoms with Crippen molar-refractivity contribution in [3.63, 3.8) is 0 Å². The van der Waals surface area contributed by atoms with Crippen LogP contribution in [0.2, 0.25) is 0 Å². The van der Waals surface area contributed by atoms with Gasteiger partial charge in [0.1, 0.15) is 0 Å². The Morgan fingerprint density at radius 3 is 2.36 bits per heavy atom. The molecule has 86 valence electrons. The Balaban J connectivity index is 3.91. The normalized spacial score (nSPS) is 15.8. The first-order chi connectivity index (χ1) is 6.56. The smallest absolute Gasteiger partial charge is 0.272 e. The first kappa shape index (κ1) is 14.1. The van der Waals surface area contributed by atoms with Crippen molar-refractivity contribution in [1.82, 2.24) is 10.4 Å². The van der Waals surface area contributed by atoms with Gasteiger partial charge in [0.25, 0.3) is 7.52 Å². The second-order valence-electron chi connectivity index (χ2n) is 3.37. The third kappa shape index (κ3) is 5.11. The Morgan fingerprint density at radius 1 is 1.29 bits per heavy atom. The van der Waals surface area contributed by atoms with Crippen molar-refractivity contribution in [3.8, 4) is 0 Å². The lowest BCUT2D eigenvalue weighted by molar-refractivity contribution is 0.319. The first-order valence-corrected chi connectivity index (χ1v) is 6.96. The maximum Gasteiger partial charge on any atom is 0.272 e. The van der Waals surface area contributed by atoms with Crippen LogP contribution in [0.5, 0.6) is 0 Å². The molecular weight excluding hydrogens is 199 g/mol. The van der Waals surface area contributed by atoms with Gasteiger partial charge in [-0.15, -0.1) is 0 Å². The highest BCUT2D eigenvalue weighted by molar-refractivity contribution is 7.57. The Hall–Kier alpha value is 0.110. The highest BCUT2D eigenvalue weighted by atomic mass is 31.2. The van der Waals surface area contributed by atoms with Crippen molar-refractivity contribution in [2.45, 2.75) is 33.4 Å². The van der Waals surface area contributed by atoms with Gasteiger partial charge in [0.15, 0.2) is 0 Å². The van der Waals surface area contributed by atoms with E-state index in [1.165, 1.54) is 0 Å². The fourth-order valence-corrected chi connectivity index (χ4v) is 2.61. The molecule has 0 aromatic carbocycles. The number of hydrogen-bond donors (Lipinski definition) is 2. The highest BCUT2D eigenvalue weighted by Gasteiger charge is 2.25. The van der Waals surface area contributed by atoms with Crippen LogP contribution in [0.4, 0.5) is 0 Å². The van der Waals surface area contributed by atoms with E-state index in [1.54, 1.807) is 0 Å². The summed E-state index contributed by atoms with van der Waals surface area (Å²) in [5.41, 5.74) is 0.0316. The molecule has 0 saturated heterocycles. The summed E-state index contributed by atoms with van der Waals surface area (Å²) in [6.07, 6.45) is 0. The van der Waals surface area contributed by atoms with Gasteiger partial charge in [-0.2, -0.15) is 0 Å². The molecule has 1 unspecified atom stereocenters. The molecule has 1 atom stereocenters. The molecule has 0 rings (SSSR count). The minimum Gasteiger partial charge on any atom is -0.318 e. The Morgan fingerprint density at radius 2 is 1.93 bits per heavy atom. The van der Waals surface area contributed by atoms with Gasteiger partial charge in [-0.1, -0.05) is 20.8 Å². The molecule has 4 nitrogen and oxygen atoms in total. The summed E-state index contributed by atoms with van der Waals surface area (Å²) in [5, 5.41) is 6.16. The highest BCUT2D eigenvalue weighted by Crippen LogP contribution is 2.46. The monoisotopic (exact) mass is 222 g/mol. The lowest BCUT2D eigenvalue weighted by atomic mass is 10.6. The zero-order chi connectivity index (χ0) is 11.0. The van der Waals surface area contributed by atoms with Crippen molar-refractivity contribution in [1.29, 1.82) is 0 Å². The van der Waals surface area contributed by atoms with E-state index in [9.17, 15) is 4.57 Å². The lowest BCUT2D eigenvalue weighted by Gasteiger charge is -2.22. The van der Waals surface area contributed by atoms with Crippen LogP contribution in [0.25, 0.3) is 0 Å². The molecule has 2 N–H and O–H groups in total. The van der Waals surface area contributed by atoms with Crippen LogP contribution < -0.4 is 10.4 Å². The summed E-state index contributed by atoms with van der Waals surface area (Å²) in [5.74, 6) is 0. The van der Waals surface area contributed by atoms with E-state index >= 15 is 0 Å². The minimum absolute atomic E-state index is 0.0316. The van der Waals surface area contributed by atoms with Gasteiger partial charge in [-0.05, 0) is 13.5 Å². The third-order valence-electron chi connectivity index (χ3n) is 1.88. The standard InChI is InChI=1S/C9H23N2O2P/c1-5-10-7-8-11-14(12,9(3)4)13-6-2/h9-10H,5-8H2,1-4H3,(H,11,12). The number of rotatable bonds is 8. The average Bonchev–Trinajstić information content (AvgIpc) is 2.13. The molecule has 0 radical (unpaired) electrons. The van der Waals surface area contributed by atoms with Crippen molar-refractivity contribution in [2.75, 3.05) is 26.2 Å². The molecule has 0 saturated carbocycles. The molecule has 0 aromatic rings. The van der Waals surface area contributed by atoms with Crippen molar-refractivity contribution in [3.05, 3.63) is 0 Å². The summed E-state index contributed by atoms with van der Waals surface area (Å²) >= 11 is 0. The fourth-order valence-electron chi connectivity index (χ4n) is 1.05. The zero-order valence-corrected chi connectivity index (χ0v) is 10.6. The number of hydrogen-bond acceptors (Lipinski definition) is 3. The molecule has 14 heavy (non-hydrogen) atoms. The van der Waals surface area contributed by atoms with Crippen LogP contribution >= 0.6 is 7.52 Å². The van der Waals surface area contributed by atoms with Crippen LogP contribution in [0.15, 0.2) is 0 Å². The van der Waals surface area contributed by atoms with Gasteiger partial charge in [0.05, 0.1) is 6.61 Å². The van der Waals surface area contributed by atoms with E-state index in [2.05, 4.69) is 10.4 Å². The summed E-state index contributed by atoms with van der Waals surface area (Å²) < 4.78 is 17.4. The number of nitrogens with one attached hydrogen (secondary N) is 2. The van der Waals surface area contributed by atoms with E-state index in [1.807, 2.05) is 27.7 Å². The van der Waals surface area contributed by atoms with Crippen LogP contribution in [0.1, 0.15) is 27.7 Å².